The molecule has 0 bridgehead atoms. The number of nitrogens with one attached hydrogen (secondary N) is 2. The van der Waals surface area contributed by atoms with Gasteiger partial charge in [-0.2, -0.15) is 0 Å². The van der Waals surface area contributed by atoms with Crippen LogP contribution in [-0.4, -0.2) is 15.0 Å². The molecule has 2 heterocycles. The number of nitrogens with zero attached hydrogens (tertiary/aromatic N) is 1. The van der Waals surface area contributed by atoms with Crippen LogP contribution in [0.1, 0.15) is 0 Å². The van der Waals surface area contributed by atoms with E-state index in [1.54, 1.807) is 0 Å². The topological polar surface area (TPSA) is 44.5 Å². The van der Waals surface area contributed by atoms with E-state index in [1.165, 1.54) is 5.39 Å². The van der Waals surface area contributed by atoms with Crippen molar-refractivity contribution in [1.82, 2.24) is 15.0 Å². The first-order valence-corrected chi connectivity index (χ1v) is 5.85. The molecule has 1 radical (unpaired) electrons. The van der Waals surface area contributed by atoms with Crippen LogP contribution in [0.15, 0.2) is 48.5 Å². The van der Waals surface area contributed by atoms with E-state index in [9.17, 15) is 0 Å². The van der Waals surface area contributed by atoms with Crippen LogP contribution >= 0.6 is 0 Å². The van der Waals surface area contributed by atoms with Gasteiger partial charge in [0.25, 0.3) is 0 Å². The molecule has 0 saturated heterocycles. The zero-order valence-corrected chi connectivity index (χ0v) is 9.57. The molecule has 18 heavy (non-hydrogen) atoms. The third-order valence-electron chi connectivity index (χ3n) is 3.21. The smallest absolute Gasteiger partial charge is 0.174 e. The second kappa shape index (κ2) is 3.47. The molecule has 0 aliphatic carbocycles. The molecular weight excluding hydrogens is 222 g/mol. The second-order valence-corrected chi connectivity index (χ2v) is 4.32. The molecule has 0 unspecified atom stereocenters. The summed E-state index contributed by atoms with van der Waals surface area (Å²) in [5.74, 6) is 0. The molecule has 3 nitrogen and oxygen atoms in total. The van der Waals surface area contributed by atoms with E-state index in [0.717, 1.165) is 27.8 Å². The van der Waals surface area contributed by atoms with Gasteiger partial charge in [-0.3, -0.25) is 0 Å². The maximum absolute atomic E-state index is 4.26. The first-order chi connectivity index (χ1) is 8.92. The molecule has 0 amide bonds. The number of imidazole rings is 1. The number of rotatable bonds is 1. The summed E-state index contributed by atoms with van der Waals surface area (Å²) in [7, 11) is 0. The van der Waals surface area contributed by atoms with E-state index in [-0.39, 0.29) is 0 Å². The molecule has 3 heteroatoms. The van der Waals surface area contributed by atoms with Crippen LogP contribution in [-0.2, 0) is 0 Å². The summed E-state index contributed by atoms with van der Waals surface area (Å²) in [4.78, 5) is 10.7. The zero-order valence-electron chi connectivity index (χ0n) is 9.57. The van der Waals surface area contributed by atoms with Crippen molar-refractivity contribution < 1.29 is 0 Å². The minimum atomic E-state index is 0.948. The van der Waals surface area contributed by atoms with Crippen LogP contribution in [0.4, 0.5) is 0 Å². The molecule has 2 aromatic heterocycles. The van der Waals surface area contributed by atoms with Crippen LogP contribution in [0.5, 0.6) is 0 Å². The predicted octanol–water partition coefficient (Wildman–Crippen LogP) is 3.51. The predicted molar refractivity (Wildman–Crippen MR) is 72.2 cm³/mol. The summed E-state index contributed by atoms with van der Waals surface area (Å²) in [5.41, 5.74) is 5.28. The Bertz CT molecular complexity index is 806. The lowest BCUT2D eigenvalue weighted by molar-refractivity contribution is 1.32. The summed E-state index contributed by atoms with van der Waals surface area (Å²) in [5, 5.41) is 1.21. The number of para-hydroxylation sites is 2. The number of benzene rings is 2. The van der Waals surface area contributed by atoms with Gasteiger partial charge in [-0.1, -0.05) is 30.3 Å². The monoisotopic (exact) mass is 232 g/mol. The van der Waals surface area contributed by atoms with E-state index in [4.69, 9.17) is 0 Å². The SMILES string of the molecule is [c]1nc2c(-c3cc4ccccc4[nH]3)cccc2[nH]1. The number of H-pyrrole nitrogens is 2. The fraction of sp³-hybridized carbons (Fsp3) is 0. The highest BCUT2D eigenvalue weighted by atomic mass is 14.9. The summed E-state index contributed by atoms with van der Waals surface area (Å²) < 4.78 is 0. The molecule has 4 rings (SSSR count). The van der Waals surface area contributed by atoms with E-state index >= 15 is 0 Å². The van der Waals surface area contributed by atoms with Crippen molar-refractivity contribution in [1.29, 1.82) is 0 Å². The number of hydrogen-bond donors (Lipinski definition) is 2. The Morgan fingerprint density at radius 2 is 1.83 bits per heavy atom. The van der Waals surface area contributed by atoms with Crippen molar-refractivity contribution in [3.05, 3.63) is 54.9 Å². The third-order valence-corrected chi connectivity index (χ3v) is 3.21. The third kappa shape index (κ3) is 1.27. The minimum Gasteiger partial charge on any atom is -0.354 e. The van der Waals surface area contributed by atoms with E-state index < -0.39 is 0 Å². The van der Waals surface area contributed by atoms with Crippen molar-refractivity contribution in [3.8, 4) is 11.3 Å². The lowest BCUT2D eigenvalue weighted by Gasteiger charge is -1.98. The van der Waals surface area contributed by atoms with Crippen LogP contribution in [0.3, 0.4) is 0 Å². The van der Waals surface area contributed by atoms with Crippen molar-refractivity contribution >= 4 is 21.9 Å². The van der Waals surface area contributed by atoms with Gasteiger partial charge in [0.15, 0.2) is 6.33 Å². The van der Waals surface area contributed by atoms with Crippen LogP contribution in [0.25, 0.3) is 33.2 Å². The molecule has 0 atom stereocenters. The van der Waals surface area contributed by atoms with Gasteiger partial charge in [0.05, 0.1) is 11.0 Å². The standard InChI is InChI=1S/C15H10N3/c1-2-6-12-10(4-1)8-14(18-12)11-5-3-7-13-15(11)17-9-16-13/h1-8,18H,(H,16,17). The summed E-state index contributed by atoms with van der Waals surface area (Å²) in [6.07, 6.45) is 2.79. The van der Waals surface area contributed by atoms with Gasteiger partial charge in [-0.05, 0) is 18.2 Å². The molecule has 2 aromatic carbocycles. The highest BCUT2D eigenvalue weighted by Crippen LogP contribution is 2.28. The molecule has 4 aromatic rings. The first kappa shape index (κ1) is 9.48. The van der Waals surface area contributed by atoms with Gasteiger partial charge in [-0.25, -0.2) is 4.98 Å². The maximum Gasteiger partial charge on any atom is 0.174 e. The van der Waals surface area contributed by atoms with Gasteiger partial charge < -0.3 is 9.97 Å². The fourth-order valence-corrected chi connectivity index (χ4v) is 2.34. The number of aromatic amines is 2. The largest absolute Gasteiger partial charge is 0.354 e. The van der Waals surface area contributed by atoms with Gasteiger partial charge in [-0.15, -0.1) is 0 Å². The molecule has 0 aliphatic heterocycles. The van der Waals surface area contributed by atoms with Crippen molar-refractivity contribution in [3.63, 3.8) is 0 Å². The van der Waals surface area contributed by atoms with Gasteiger partial charge in [0.2, 0.25) is 0 Å². The number of fused-ring (bicyclic) bond motifs is 2. The molecule has 0 fully saturated rings. The highest BCUT2D eigenvalue weighted by molar-refractivity contribution is 5.94. The molecular formula is C15H10N3. The summed E-state index contributed by atoms with van der Waals surface area (Å²) in [6.45, 7) is 0. The average molecular weight is 232 g/mol. The molecule has 0 aliphatic rings. The second-order valence-electron chi connectivity index (χ2n) is 4.32. The van der Waals surface area contributed by atoms with Crippen LogP contribution in [0.2, 0.25) is 0 Å². The Kier molecular flexibility index (Phi) is 1.83. The molecule has 85 valence electrons. The van der Waals surface area contributed by atoms with Crippen molar-refractivity contribution in [2.45, 2.75) is 0 Å². The lowest BCUT2D eigenvalue weighted by Crippen LogP contribution is -1.79. The lowest BCUT2D eigenvalue weighted by atomic mass is 10.1. The van der Waals surface area contributed by atoms with E-state index in [1.807, 2.05) is 24.3 Å². The molecule has 0 saturated carbocycles. The quantitative estimate of drug-likeness (QED) is 0.518. The fourth-order valence-electron chi connectivity index (χ4n) is 2.34. The summed E-state index contributed by atoms with van der Waals surface area (Å²) >= 11 is 0. The van der Waals surface area contributed by atoms with Crippen LogP contribution < -0.4 is 0 Å². The summed E-state index contributed by atoms with van der Waals surface area (Å²) in [6, 6.07) is 16.5. The van der Waals surface area contributed by atoms with Crippen molar-refractivity contribution in [2.75, 3.05) is 0 Å². The Balaban J connectivity index is 2.04. The molecule has 0 spiro atoms. The normalized spacial score (nSPS) is 11.3. The van der Waals surface area contributed by atoms with Crippen LogP contribution in [0, 0.1) is 6.33 Å². The van der Waals surface area contributed by atoms with Gasteiger partial charge in [0, 0.05) is 22.2 Å². The Morgan fingerprint density at radius 1 is 0.944 bits per heavy atom. The van der Waals surface area contributed by atoms with E-state index in [0.29, 0.717) is 0 Å². The van der Waals surface area contributed by atoms with Gasteiger partial charge >= 0.3 is 0 Å². The zero-order chi connectivity index (χ0) is 11.9. The highest BCUT2D eigenvalue weighted by Gasteiger charge is 2.08. The Morgan fingerprint density at radius 3 is 2.78 bits per heavy atom. The average Bonchev–Trinajstić information content (AvgIpc) is 3.04. The molecule has 2 N–H and O–H groups in total. The maximum atomic E-state index is 4.26. The minimum absolute atomic E-state index is 0.948. The number of aromatic nitrogens is 3. The first-order valence-electron chi connectivity index (χ1n) is 5.85. The van der Waals surface area contributed by atoms with Crippen molar-refractivity contribution in [2.24, 2.45) is 0 Å². The van der Waals surface area contributed by atoms with Gasteiger partial charge in [0.1, 0.15) is 0 Å². The Hall–Kier alpha value is -2.55. The Labute approximate surface area is 103 Å². The number of hydrogen-bond acceptors (Lipinski definition) is 1. The van der Waals surface area contributed by atoms with E-state index in [2.05, 4.69) is 45.5 Å².